The molecule has 2 rings (SSSR count). The molecule has 0 radical (unpaired) electrons. The third-order valence-electron chi connectivity index (χ3n) is 3.96. The fraction of sp³-hybridized carbons (Fsp3) is 0.571. The third kappa shape index (κ3) is 2.54. The highest BCUT2D eigenvalue weighted by molar-refractivity contribution is 5.43. The maximum Gasteiger partial charge on any atom is 0.194 e. The van der Waals surface area contributed by atoms with E-state index in [0.717, 1.165) is 24.3 Å². The average Bonchev–Trinajstić information content (AvgIpc) is 2.35. The van der Waals surface area contributed by atoms with Crippen LogP contribution in [0, 0.1) is 11.7 Å². The van der Waals surface area contributed by atoms with Crippen LogP contribution < -0.4 is 0 Å². The molecule has 2 nitrogen and oxygen atoms in total. The second-order valence-electron chi connectivity index (χ2n) is 5.00. The Bertz CT molecular complexity index is 372. The summed E-state index contributed by atoms with van der Waals surface area (Å²) in [7, 11) is 0. The molecule has 94 valence electrons. The minimum atomic E-state index is -0.724. The van der Waals surface area contributed by atoms with Gasteiger partial charge < -0.3 is 10.2 Å². The van der Waals surface area contributed by atoms with Gasteiger partial charge >= 0.3 is 0 Å². The van der Waals surface area contributed by atoms with Gasteiger partial charge in [-0.05, 0) is 55.2 Å². The highest BCUT2D eigenvalue weighted by Gasteiger charge is 2.23. The third-order valence-corrected chi connectivity index (χ3v) is 3.96. The molecule has 3 heteroatoms. The zero-order chi connectivity index (χ0) is 12.4. The number of phenolic OH excluding ortho intramolecular Hbond substituents is 2. The number of benzene rings is 1. The van der Waals surface area contributed by atoms with Crippen LogP contribution in [-0.2, 0) is 0 Å². The van der Waals surface area contributed by atoms with E-state index in [0.29, 0.717) is 5.92 Å². The lowest BCUT2D eigenvalue weighted by Gasteiger charge is -2.28. The molecular formula is C14H19FO2. The first kappa shape index (κ1) is 12.2. The fourth-order valence-electron chi connectivity index (χ4n) is 2.74. The molecule has 1 aromatic carbocycles. The smallest absolute Gasteiger partial charge is 0.194 e. The zero-order valence-electron chi connectivity index (χ0n) is 10.1. The van der Waals surface area contributed by atoms with Gasteiger partial charge in [-0.3, -0.25) is 0 Å². The summed E-state index contributed by atoms with van der Waals surface area (Å²) in [5.41, 5.74) is 0.812. The van der Waals surface area contributed by atoms with Gasteiger partial charge in [0.25, 0.3) is 0 Å². The molecular weight excluding hydrogens is 219 g/mol. The van der Waals surface area contributed by atoms with Gasteiger partial charge in [-0.15, -0.1) is 0 Å². The lowest BCUT2D eigenvalue weighted by Crippen LogP contribution is -2.12. The van der Waals surface area contributed by atoms with Crippen molar-refractivity contribution in [3.05, 3.63) is 23.5 Å². The quantitative estimate of drug-likeness (QED) is 0.767. The second-order valence-corrected chi connectivity index (χ2v) is 5.00. The van der Waals surface area contributed by atoms with Crippen LogP contribution in [0.3, 0.4) is 0 Å². The van der Waals surface area contributed by atoms with Crippen LogP contribution in [0.2, 0.25) is 0 Å². The first-order chi connectivity index (χ1) is 8.11. The molecule has 0 bridgehead atoms. The van der Waals surface area contributed by atoms with E-state index < -0.39 is 11.6 Å². The van der Waals surface area contributed by atoms with Crippen molar-refractivity contribution < 1.29 is 14.6 Å². The molecule has 0 aromatic heterocycles. The molecule has 0 atom stereocenters. The normalized spacial score (nSPS) is 24.8. The van der Waals surface area contributed by atoms with E-state index in [-0.39, 0.29) is 5.75 Å². The summed E-state index contributed by atoms with van der Waals surface area (Å²) in [6.45, 7) is 2.21. The lowest BCUT2D eigenvalue weighted by molar-refractivity contribution is 0.316. The fourth-order valence-corrected chi connectivity index (χ4v) is 2.74. The molecule has 0 unspecified atom stereocenters. The van der Waals surface area contributed by atoms with Gasteiger partial charge in [0, 0.05) is 0 Å². The van der Waals surface area contributed by atoms with Gasteiger partial charge in [-0.25, -0.2) is 4.39 Å². The summed E-state index contributed by atoms with van der Waals surface area (Å²) in [5, 5.41) is 18.6. The highest BCUT2D eigenvalue weighted by Crippen LogP contribution is 2.40. The standard InChI is InChI=1S/C14H19FO2/c1-2-9-3-5-10(6-4-9)11-7-12(15)14(17)13(16)8-11/h7-10,16-17H,2-6H2,1H3. The van der Waals surface area contributed by atoms with Crippen LogP contribution in [0.4, 0.5) is 4.39 Å². The molecule has 0 saturated heterocycles. The number of hydrogen-bond acceptors (Lipinski definition) is 2. The SMILES string of the molecule is CCC1CCC(c2cc(O)c(O)c(F)c2)CC1. The van der Waals surface area contributed by atoms with Crippen molar-refractivity contribution in [3.8, 4) is 11.5 Å². The van der Waals surface area contributed by atoms with E-state index in [4.69, 9.17) is 0 Å². The molecule has 17 heavy (non-hydrogen) atoms. The predicted molar refractivity (Wildman–Crippen MR) is 64.7 cm³/mol. The van der Waals surface area contributed by atoms with Crippen LogP contribution in [0.1, 0.15) is 50.5 Å². The maximum absolute atomic E-state index is 13.3. The highest BCUT2D eigenvalue weighted by atomic mass is 19.1. The maximum atomic E-state index is 13.3. The Balaban J connectivity index is 2.13. The van der Waals surface area contributed by atoms with Crippen molar-refractivity contribution in [2.24, 2.45) is 5.92 Å². The van der Waals surface area contributed by atoms with Gasteiger partial charge in [0.05, 0.1) is 0 Å². The van der Waals surface area contributed by atoms with Crippen LogP contribution in [0.25, 0.3) is 0 Å². The molecule has 2 N–H and O–H groups in total. The Labute approximate surface area is 101 Å². The van der Waals surface area contributed by atoms with Crippen LogP contribution >= 0.6 is 0 Å². The minimum absolute atomic E-state index is 0.318. The van der Waals surface area contributed by atoms with Gasteiger partial charge in [0.15, 0.2) is 17.3 Å². The summed E-state index contributed by atoms with van der Waals surface area (Å²) >= 11 is 0. The molecule has 1 aliphatic carbocycles. The van der Waals surface area contributed by atoms with E-state index in [9.17, 15) is 14.6 Å². The summed E-state index contributed by atoms with van der Waals surface area (Å²) in [5.74, 6) is -0.605. The lowest BCUT2D eigenvalue weighted by atomic mass is 9.78. The Morgan fingerprint density at radius 3 is 2.35 bits per heavy atom. The molecule has 1 saturated carbocycles. The Morgan fingerprint density at radius 2 is 1.82 bits per heavy atom. The monoisotopic (exact) mass is 238 g/mol. The van der Waals surface area contributed by atoms with Crippen molar-refractivity contribution in [1.82, 2.24) is 0 Å². The first-order valence-electron chi connectivity index (χ1n) is 6.33. The summed E-state index contributed by atoms with van der Waals surface area (Å²) in [6, 6.07) is 2.85. The topological polar surface area (TPSA) is 40.5 Å². The van der Waals surface area contributed by atoms with E-state index in [1.165, 1.54) is 31.4 Å². The molecule has 1 aromatic rings. The molecule has 1 fully saturated rings. The van der Waals surface area contributed by atoms with Gasteiger partial charge in [0.2, 0.25) is 0 Å². The molecule has 1 aliphatic rings. The van der Waals surface area contributed by atoms with Crippen LogP contribution in [-0.4, -0.2) is 10.2 Å². The van der Waals surface area contributed by atoms with Crippen molar-refractivity contribution >= 4 is 0 Å². The second kappa shape index (κ2) is 4.94. The van der Waals surface area contributed by atoms with E-state index in [1.807, 2.05) is 0 Å². The van der Waals surface area contributed by atoms with Crippen LogP contribution in [0.5, 0.6) is 11.5 Å². The zero-order valence-corrected chi connectivity index (χ0v) is 10.1. The number of halogens is 1. The van der Waals surface area contributed by atoms with Crippen molar-refractivity contribution in [1.29, 1.82) is 0 Å². The number of rotatable bonds is 2. The number of hydrogen-bond donors (Lipinski definition) is 2. The van der Waals surface area contributed by atoms with Gasteiger partial charge in [0.1, 0.15) is 0 Å². The van der Waals surface area contributed by atoms with E-state index in [1.54, 1.807) is 0 Å². The predicted octanol–water partition coefficient (Wildman–Crippen LogP) is 3.92. The molecule has 0 heterocycles. The van der Waals surface area contributed by atoms with E-state index in [2.05, 4.69) is 6.92 Å². The minimum Gasteiger partial charge on any atom is -0.504 e. The molecule has 0 aliphatic heterocycles. The Morgan fingerprint density at radius 1 is 1.18 bits per heavy atom. The molecule has 0 amide bonds. The van der Waals surface area contributed by atoms with Gasteiger partial charge in [-0.2, -0.15) is 0 Å². The van der Waals surface area contributed by atoms with Crippen molar-refractivity contribution in [2.45, 2.75) is 44.9 Å². The van der Waals surface area contributed by atoms with Crippen molar-refractivity contribution in [3.63, 3.8) is 0 Å². The summed E-state index contributed by atoms with van der Waals surface area (Å²) in [4.78, 5) is 0. The first-order valence-corrected chi connectivity index (χ1v) is 6.33. The number of aromatic hydroxyl groups is 2. The van der Waals surface area contributed by atoms with E-state index >= 15 is 0 Å². The average molecular weight is 238 g/mol. The van der Waals surface area contributed by atoms with Crippen LogP contribution in [0.15, 0.2) is 12.1 Å². The Kier molecular flexibility index (Phi) is 3.55. The Hall–Kier alpha value is -1.25. The largest absolute Gasteiger partial charge is 0.504 e. The van der Waals surface area contributed by atoms with Gasteiger partial charge in [-0.1, -0.05) is 13.3 Å². The number of phenols is 2. The summed E-state index contributed by atoms with van der Waals surface area (Å²) in [6.07, 6.45) is 5.64. The summed E-state index contributed by atoms with van der Waals surface area (Å²) < 4.78 is 13.3. The van der Waals surface area contributed by atoms with Crippen molar-refractivity contribution in [2.75, 3.05) is 0 Å². The molecule has 0 spiro atoms.